The third-order valence-electron chi connectivity index (χ3n) is 2.60. The van der Waals surface area contributed by atoms with Gasteiger partial charge in [-0.2, -0.15) is 0 Å². The number of anilines is 2. The molecule has 0 fully saturated rings. The first-order valence-corrected chi connectivity index (χ1v) is 5.47. The highest BCUT2D eigenvalue weighted by atomic mass is 19.1. The molecule has 96 valence electrons. The molecule has 3 N–H and O–H groups in total. The van der Waals surface area contributed by atoms with E-state index in [9.17, 15) is 8.78 Å². The van der Waals surface area contributed by atoms with Crippen LogP contribution in [-0.4, -0.2) is 36.1 Å². The fraction of sp³-hybridized carbons (Fsp3) is 0.545. The number of nitrogen functional groups attached to an aromatic ring is 1. The van der Waals surface area contributed by atoms with Crippen LogP contribution in [0.5, 0.6) is 0 Å². The Kier molecular flexibility index (Phi) is 4.62. The van der Waals surface area contributed by atoms with E-state index in [1.807, 2.05) is 7.05 Å². The molecule has 0 saturated heterocycles. The van der Waals surface area contributed by atoms with E-state index in [4.69, 9.17) is 5.73 Å². The molecule has 1 aromatic heterocycles. The Labute approximate surface area is 99.8 Å². The minimum absolute atomic E-state index is 0.0129. The van der Waals surface area contributed by atoms with Crippen molar-refractivity contribution in [2.75, 3.05) is 31.2 Å². The number of halogens is 2. The molecular weight excluding hydrogens is 226 g/mol. The number of aromatic nitrogens is 1. The number of nitrogens with two attached hydrogens (primary N) is 1. The molecule has 1 aromatic rings. The smallest absolute Gasteiger partial charge is 0.168 e. The van der Waals surface area contributed by atoms with Crippen molar-refractivity contribution in [3.8, 4) is 0 Å². The maximum atomic E-state index is 13.3. The first-order valence-electron chi connectivity index (χ1n) is 5.47. The Morgan fingerprint density at radius 2 is 2.06 bits per heavy atom. The van der Waals surface area contributed by atoms with Gasteiger partial charge in [0.25, 0.3) is 0 Å². The SMILES string of the molecule is CC(C)N(C)CCNc1nc(N)c(F)cc1F. The molecule has 0 aromatic carbocycles. The van der Waals surface area contributed by atoms with Gasteiger partial charge in [-0.15, -0.1) is 0 Å². The molecule has 0 amide bonds. The summed E-state index contributed by atoms with van der Waals surface area (Å²) in [6, 6.07) is 1.14. The van der Waals surface area contributed by atoms with Gasteiger partial charge in [-0.3, -0.25) is 0 Å². The van der Waals surface area contributed by atoms with Gasteiger partial charge in [0.2, 0.25) is 0 Å². The molecule has 17 heavy (non-hydrogen) atoms. The number of rotatable bonds is 5. The minimum Gasteiger partial charge on any atom is -0.381 e. The van der Waals surface area contributed by atoms with Crippen molar-refractivity contribution in [2.45, 2.75) is 19.9 Å². The van der Waals surface area contributed by atoms with Crippen molar-refractivity contribution in [1.82, 2.24) is 9.88 Å². The average molecular weight is 244 g/mol. The fourth-order valence-electron chi connectivity index (χ4n) is 1.21. The molecular formula is C11H18F2N4. The van der Waals surface area contributed by atoms with Crippen LogP contribution in [0.15, 0.2) is 6.07 Å². The molecule has 0 aliphatic rings. The third-order valence-corrected chi connectivity index (χ3v) is 2.60. The van der Waals surface area contributed by atoms with Crippen molar-refractivity contribution in [1.29, 1.82) is 0 Å². The fourth-order valence-corrected chi connectivity index (χ4v) is 1.21. The molecule has 0 aliphatic carbocycles. The Bertz CT molecular complexity index is 382. The lowest BCUT2D eigenvalue weighted by atomic mass is 10.3. The Morgan fingerprint density at radius 3 is 2.65 bits per heavy atom. The molecule has 1 heterocycles. The van der Waals surface area contributed by atoms with Crippen LogP contribution in [0.1, 0.15) is 13.8 Å². The molecule has 0 atom stereocenters. The van der Waals surface area contributed by atoms with Crippen LogP contribution in [0.2, 0.25) is 0 Å². The summed E-state index contributed by atoms with van der Waals surface area (Å²) < 4.78 is 26.1. The molecule has 0 spiro atoms. The van der Waals surface area contributed by atoms with Crippen LogP contribution in [0.4, 0.5) is 20.4 Å². The lowest BCUT2D eigenvalue weighted by Crippen LogP contribution is -2.31. The first-order chi connectivity index (χ1) is 7.91. The van der Waals surface area contributed by atoms with Gasteiger partial charge >= 0.3 is 0 Å². The largest absolute Gasteiger partial charge is 0.381 e. The number of nitrogens with zero attached hydrogens (tertiary/aromatic N) is 2. The summed E-state index contributed by atoms with van der Waals surface area (Å²) >= 11 is 0. The summed E-state index contributed by atoms with van der Waals surface area (Å²) in [6.07, 6.45) is 0. The summed E-state index contributed by atoms with van der Waals surface area (Å²) in [7, 11) is 1.97. The summed E-state index contributed by atoms with van der Waals surface area (Å²) in [5.74, 6) is -1.89. The number of pyridine rings is 1. The zero-order valence-corrected chi connectivity index (χ0v) is 10.3. The highest BCUT2D eigenvalue weighted by Crippen LogP contribution is 2.16. The topological polar surface area (TPSA) is 54.2 Å². The van der Waals surface area contributed by atoms with E-state index in [0.29, 0.717) is 12.6 Å². The van der Waals surface area contributed by atoms with Gasteiger partial charge in [0.15, 0.2) is 23.3 Å². The predicted octanol–water partition coefficient (Wildman–Crippen LogP) is 1.69. The van der Waals surface area contributed by atoms with E-state index in [0.717, 1.165) is 12.6 Å². The van der Waals surface area contributed by atoms with E-state index >= 15 is 0 Å². The summed E-state index contributed by atoms with van der Waals surface area (Å²) in [4.78, 5) is 5.71. The molecule has 0 bridgehead atoms. The van der Waals surface area contributed by atoms with Crippen LogP contribution < -0.4 is 11.1 Å². The van der Waals surface area contributed by atoms with Gasteiger partial charge in [0.05, 0.1) is 0 Å². The van der Waals surface area contributed by atoms with Crippen LogP contribution in [0.3, 0.4) is 0 Å². The van der Waals surface area contributed by atoms with Crippen molar-refractivity contribution in [3.05, 3.63) is 17.7 Å². The standard InChI is InChI=1S/C11H18F2N4/c1-7(2)17(3)5-4-15-11-9(13)6-8(12)10(14)16-11/h6-7H,4-5H2,1-3H3,(H3,14,15,16). The van der Waals surface area contributed by atoms with E-state index < -0.39 is 11.6 Å². The highest BCUT2D eigenvalue weighted by molar-refractivity contribution is 5.44. The van der Waals surface area contributed by atoms with Crippen molar-refractivity contribution in [2.24, 2.45) is 0 Å². The van der Waals surface area contributed by atoms with Crippen LogP contribution >= 0.6 is 0 Å². The maximum absolute atomic E-state index is 13.3. The van der Waals surface area contributed by atoms with Crippen LogP contribution in [-0.2, 0) is 0 Å². The summed E-state index contributed by atoms with van der Waals surface area (Å²) in [5.41, 5.74) is 5.27. The second-order valence-corrected chi connectivity index (χ2v) is 4.19. The van der Waals surface area contributed by atoms with Gasteiger partial charge in [-0.25, -0.2) is 13.8 Å². The Hall–Kier alpha value is -1.43. The molecule has 0 saturated carbocycles. The summed E-state index contributed by atoms with van der Waals surface area (Å²) in [5, 5.41) is 2.79. The Morgan fingerprint density at radius 1 is 1.41 bits per heavy atom. The predicted molar refractivity (Wildman–Crippen MR) is 64.8 cm³/mol. The molecule has 0 aliphatic heterocycles. The van der Waals surface area contributed by atoms with Gasteiger partial charge in [-0.1, -0.05) is 0 Å². The zero-order chi connectivity index (χ0) is 13.0. The Balaban J connectivity index is 2.55. The first kappa shape index (κ1) is 13.6. The van der Waals surface area contributed by atoms with Gasteiger partial charge in [-0.05, 0) is 20.9 Å². The second-order valence-electron chi connectivity index (χ2n) is 4.19. The van der Waals surface area contributed by atoms with E-state index in [2.05, 4.69) is 29.0 Å². The highest BCUT2D eigenvalue weighted by Gasteiger charge is 2.09. The number of hydrogen-bond donors (Lipinski definition) is 2. The average Bonchev–Trinajstić information content (AvgIpc) is 2.25. The number of likely N-dealkylation sites (N-methyl/N-ethyl adjacent to an activating group) is 1. The van der Waals surface area contributed by atoms with Crippen molar-refractivity contribution >= 4 is 11.6 Å². The molecule has 0 unspecified atom stereocenters. The lowest BCUT2D eigenvalue weighted by molar-refractivity contribution is 0.284. The molecule has 4 nitrogen and oxygen atoms in total. The molecule has 6 heteroatoms. The van der Waals surface area contributed by atoms with Crippen LogP contribution in [0.25, 0.3) is 0 Å². The quantitative estimate of drug-likeness (QED) is 0.827. The van der Waals surface area contributed by atoms with Crippen molar-refractivity contribution in [3.63, 3.8) is 0 Å². The number of hydrogen-bond acceptors (Lipinski definition) is 4. The third kappa shape index (κ3) is 3.81. The molecule has 1 rings (SSSR count). The van der Waals surface area contributed by atoms with E-state index in [-0.39, 0.29) is 11.6 Å². The van der Waals surface area contributed by atoms with Gasteiger partial charge in [0.1, 0.15) is 0 Å². The summed E-state index contributed by atoms with van der Waals surface area (Å²) in [6.45, 7) is 5.38. The number of nitrogens with one attached hydrogen (secondary N) is 1. The normalized spacial score (nSPS) is 11.2. The maximum Gasteiger partial charge on any atom is 0.168 e. The molecule has 0 radical (unpaired) electrons. The van der Waals surface area contributed by atoms with Crippen LogP contribution in [0, 0.1) is 11.6 Å². The van der Waals surface area contributed by atoms with Crippen molar-refractivity contribution < 1.29 is 8.78 Å². The lowest BCUT2D eigenvalue weighted by Gasteiger charge is -2.21. The monoisotopic (exact) mass is 244 g/mol. The minimum atomic E-state index is -0.840. The van der Waals surface area contributed by atoms with E-state index in [1.165, 1.54) is 0 Å². The van der Waals surface area contributed by atoms with Gasteiger partial charge in [0, 0.05) is 25.2 Å². The van der Waals surface area contributed by atoms with Gasteiger partial charge < -0.3 is 16.0 Å². The van der Waals surface area contributed by atoms with E-state index in [1.54, 1.807) is 0 Å². The zero-order valence-electron chi connectivity index (χ0n) is 10.3. The second kappa shape index (κ2) is 5.77.